The molecule has 1 amide bonds. The maximum Gasteiger partial charge on any atom is 0.226 e. The second kappa shape index (κ2) is 5.93. The molecule has 0 saturated heterocycles. The van der Waals surface area contributed by atoms with Gasteiger partial charge >= 0.3 is 0 Å². The molecule has 4 saturated carbocycles. The summed E-state index contributed by atoms with van der Waals surface area (Å²) in [6.07, 6.45) is 8.38. The highest BCUT2D eigenvalue weighted by atomic mass is 16.6. The number of hydrogen-bond acceptors (Lipinski definition) is 3. The Morgan fingerprint density at radius 2 is 1.64 bits per heavy atom. The van der Waals surface area contributed by atoms with E-state index in [1.54, 1.807) is 0 Å². The first kappa shape index (κ1) is 15.5. The molecule has 1 aliphatic heterocycles. The molecule has 0 spiro atoms. The molecule has 4 fully saturated rings. The molecular formula is C21H27NO3. The van der Waals surface area contributed by atoms with E-state index in [4.69, 9.17) is 9.47 Å². The van der Waals surface area contributed by atoms with Crippen LogP contribution in [0.2, 0.25) is 0 Å². The highest BCUT2D eigenvalue weighted by Crippen LogP contribution is 2.60. The van der Waals surface area contributed by atoms with Crippen LogP contribution in [0.1, 0.15) is 44.1 Å². The van der Waals surface area contributed by atoms with E-state index in [1.165, 1.54) is 24.8 Å². The van der Waals surface area contributed by atoms with Crippen molar-refractivity contribution in [1.82, 2.24) is 5.32 Å². The normalized spacial score (nSPS) is 34.8. The van der Waals surface area contributed by atoms with Crippen molar-refractivity contribution in [2.75, 3.05) is 19.8 Å². The van der Waals surface area contributed by atoms with Gasteiger partial charge < -0.3 is 14.8 Å². The van der Waals surface area contributed by atoms with E-state index < -0.39 is 0 Å². The second-order valence-electron chi connectivity index (χ2n) is 8.68. The van der Waals surface area contributed by atoms with Crippen LogP contribution in [0.25, 0.3) is 0 Å². The van der Waals surface area contributed by atoms with E-state index in [0.717, 1.165) is 54.9 Å². The first-order chi connectivity index (χ1) is 12.2. The van der Waals surface area contributed by atoms with Gasteiger partial charge in [0.15, 0.2) is 11.5 Å². The maximum atomic E-state index is 13.0. The van der Waals surface area contributed by atoms with Crippen molar-refractivity contribution in [3.63, 3.8) is 0 Å². The van der Waals surface area contributed by atoms with E-state index in [-0.39, 0.29) is 5.41 Å². The monoisotopic (exact) mass is 341 g/mol. The number of ether oxygens (including phenoxy) is 2. The summed E-state index contributed by atoms with van der Waals surface area (Å²) in [6.45, 7) is 1.94. The fraction of sp³-hybridized carbons (Fsp3) is 0.667. The topological polar surface area (TPSA) is 47.6 Å². The van der Waals surface area contributed by atoms with E-state index in [9.17, 15) is 4.79 Å². The summed E-state index contributed by atoms with van der Waals surface area (Å²) < 4.78 is 11.2. The van der Waals surface area contributed by atoms with Gasteiger partial charge in [0.2, 0.25) is 5.91 Å². The average molecular weight is 341 g/mol. The van der Waals surface area contributed by atoms with Gasteiger partial charge in [-0.25, -0.2) is 0 Å². The van der Waals surface area contributed by atoms with Crippen molar-refractivity contribution in [2.45, 2.75) is 44.9 Å². The van der Waals surface area contributed by atoms with Gasteiger partial charge in [-0.15, -0.1) is 0 Å². The van der Waals surface area contributed by atoms with Crippen molar-refractivity contribution >= 4 is 5.91 Å². The zero-order valence-corrected chi connectivity index (χ0v) is 14.8. The van der Waals surface area contributed by atoms with Gasteiger partial charge in [0.05, 0.1) is 0 Å². The van der Waals surface area contributed by atoms with Crippen molar-refractivity contribution < 1.29 is 14.3 Å². The molecular weight excluding hydrogens is 314 g/mol. The number of nitrogens with one attached hydrogen (secondary N) is 1. The summed E-state index contributed by atoms with van der Waals surface area (Å²) in [5.41, 5.74) is 1.15. The molecule has 1 aromatic rings. The van der Waals surface area contributed by atoms with Gasteiger partial charge in [0, 0.05) is 12.0 Å². The molecule has 0 atom stereocenters. The molecule has 4 bridgehead atoms. The minimum absolute atomic E-state index is 0.0401. The molecule has 6 rings (SSSR count). The predicted molar refractivity (Wildman–Crippen MR) is 94.8 cm³/mol. The van der Waals surface area contributed by atoms with Crippen LogP contribution in [0.4, 0.5) is 0 Å². The Morgan fingerprint density at radius 1 is 1.00 bits per heavy atom. The maximum absolute atomic E-state index is 13.0. The average Bonchev–Trinajstić information content (AvgIpc) is 2.60. The molecule has 134 valence electrons. The molecule has 0 unspecified atom stereocenters. The third kappa shape index (κ3) is 2.80. The molecule has 4 heteroatoms. The number of amides is 1. The van der Waals surface area contributed by atoms with Gasteiger partial charge in [0.1, 0.15) is 13.2 Å². The molecule has 1 heterocycles. The molecule has 1 aromatic carbocycles. The van der Waals surface area contributed by atoms with Crippen LogP contribution in [0, 0.1) is 23.2 Å². The number of carbonyl (C=O) groups is 1. The standard InChI is InChI=1S/C21H27NO3/c23-20(21-11-15-7-16(12-21)9-17(8-15)13-21)22-4-3-14-1-2-18-19(10-14)25-6-5-24-18/h1-2,10,15-17H,3-9,11-13H2,(H,22,23). The first-order valence-electron chi connectivity index (χ1n) is 9.87. The third-order valence-corrected chi connectivity index (χ3v) is 6.83. The lowest BCUT2D eigenvalue weighted by Crippen LogP contribution is -2.53. The number of carbonyl (C=O) groups excluding carboxylic acids is 1. The van der Waals surface area contributed by atoms with E-state index in [2.05, 4.69) is 11.4 Å². The highest BCUT2D eigenvalue weighted by Gasteiger charge is 2.54. The van der Waals surface area contributed by atoms with Crippen molar-refractivity contribution in [3.05, 3.63) is 23.8 Å². The molecule has 1 N–H and O–H groups in total. The van der Waals surface area contributed by atoms with Crippen LogP contribution in [0.3, 0.4) is 0 Å². The Kier molecular flexibility index (Phi) is 3.68. The van der Waals surface area contributed by atoms with Gasteiger partial charge in [-0.2, -0.15) is 0 Å². The number of fused-ring (bicyclic) bond motifs is 1. The van der Waals surface area contributed by atoms with E-state index in [1.807, 2.05) is 12.1 Å². The van der Waals surface area contributed by atoms with Gasteiger partial charge in [-0.3, -0.25) is 4.79 Å². The number of hydrogen-bond donors (Lipinski definition) is 1. The summed E-state index contributed by atoms with van der Waals surface area (Å²) in [5.74, 6) is 4.42. The van der Waals surface area contributed by atoms with Crippen LogP contribution in [-0.2, 0) is 11.2 Å². The van der Waals surface area contributed by atoms with Gasteiger partial charge in [-0.05, 0) is 80.4 Å². The zero-order chi connectivity index (χ0) is 16.9. The van der Waals surface area contributed by atoms with Gasteiger partial charge in [-0.1, -0.05) is 6.07 Å². The summed E-state index contributed by atoms with van der Waals surface area (Å²) >= 11 is 0. The Balaban J connectivity index is 1.20. The molecule has 4 aliphatic carbocycles. The molecule has 25 heavy (non-hydrogen) atoms. The Hall–Kier alpha value is -1.71. The fourth-order valence-electron chi connectivity index (χ4n) is 6.14. The fourth-order valence-corrected chi connectivity index (χ4v) is 6.14. The minimum atomic E-state index is -0.0401. The number of benzene rings is 1. The summed E-state index contributed by atoms with van der Waals surface area (Å²) in [6, 6.07) is 6.10. The van der Waals surface area contributed by atoms with Crippen LogP contribution < -0.4 is 14.8 Å². The molecule has 4 nitrogen and oxygen atoms in total. The second-order valence-corrected chi connectivity index (χ2v) is 8.68. The smallest absolute Gasteiger partial charge is 0.226 e. The Bertz CT molecular complexity index is 648. The quantitative estimate of drug-likeness (QED) is 0.914. The van der Waals surface area contributed by atoms with Gasteiger partial charge in [0.25, 0.3) is 0 Å². The largest absolute Gasteiger partial charge is 0.486 e. The van der Waals surface area contributed by atoms with Crippen LogP contribution in [0.15, 0.2) is 18.2 Å². The molecule has 0 aromatic heterocycles. The summed E-state index contributed by atoms with van der Waals surface area (Å²) in [4.78, 5) is 13.0. The lowest BCUT2D eigenvalue weighted by atomic mass is 9.49. The minimum Gasteiger partial charge on any atom is -0.486 e. The lowest BCUT2D eigenvalue weighted by Gasteiger charge is -2.55. The van der Waals surface area contributed by atoms with Crippen LogP contribution in [0.5, 0.6) is 11.5 Å². The number of rotatable bonds is 4. The Labute approximate surface area is 149 Å². The van der Waals surface area contributed by atoms with Crippen molar-refractivity contribution in [3.8, 4) is 11.5 Å². The first-order valence-corrected chi connectivity index (χ1v) is 9.87. The van der Waals surface area contributed by atoms with E-state index in [0.29, 0.717) is 25.7 Å². The van der Waals surface area contributed by atoms with Crippen LogP contribution >= 0.6 is 0 Å². The molecule has 5 aliphatic rings. The van der Waals surface area contributed by atoms with Crippen molar-refractivity contribution in [2.24, 2.45) is 23.2 Å². The van der Waals surface area contributed by atoms with Crippen molar-refractivity contribution in [1.29, 1.82) is 0 Å². The summed E-state index contributed by atoms with van der Waals surface area (Å²) in [7, 11) is 0. The Morgan fingerprint density at radius 3 is 2.32 bits per heavy atom. The van der Waals surface area contributed by atoms with Crippen LogP contribution in [-0.4, -0.2) is 25.7 Å². The SMILES string of the molecule is O=C(NCCc1ccc2c(c1)OCCO2)C12CC3CC(CC(C3)C1)C2. The zero-order valence-electron chi connectivity index (χ0n) is 14.8. The predicted octanol–water partition coefficient (Wildman–Crippen LogP) is 3.33. The highest BCUT2D eigenvalue weighted by molar-refractivity contribution is 5.83. The lowest BCUT2D eigenvalue weighted by molar-refractivity contribution is -0.146. The summed E-state index contributed by atoms with van der Waals surface area (Å²) in [5, 5.41) is 3.26. The molecule has 0 radical (unpaired) electrons. The van der Waals surface area contributed by atoms with E-state index >= 15 is 0 Å². The third-order valence-electron chi connectivity index (χ3n) is 6.83.